The van der Waals surface area contributed by atoms with Crippen molar-refractivity contribution in [2.45, 2.75) is 25.7 Å². The Kier molecular flexibility index (Phi) is 5.03. The number of benzene rings is 1. The number of aliphatic hydroxyl groups excluding tert-OH is 1. The standard InChI is InChI=1S/C14H19NO4/c16-7-2-1-4-14(17)15-11-5-6-12-13(10-11)19-9-3-8-18-12/h5-6,10,16H,1-4,7-9H2,(H,15,17). The largest absolute Gasteiger partial charge is 0.490 e. The Morgan fingerprint density at radius 2 is 2.00 bits per heavy atom. The third-order valence-corrected chi connectivity index (χ3v) is 2.84. The predicted octanol–water partition coefficient (Wildman–Crippen LogP) is 1.95. The van der Waals surface area contributed by atoms with E-state index < -0.39 is 0 Å². The highest BCUT2D eigenvalue weighted by Gasteiger charge is 2.11. The summed E-state index contributed by atoms with van der Waals surface area (Å²) in [5, 5.41) is 11.5. The Balaban J connectivity index is 1.94. The number of hydrogen-bond donors (Lipinski definition) is 2. The second kappa shape index (κ2) is 6.99. The molecule has 0 radical (unpaired) electrons. The summed E-state index contributed by atoms with van der Waals surface area (Å²) in [6.45, 7) is 1.40. The molecular weight excluding hydrogens is 246 g/mol. The fourth-order valence-corrected chi connectivity index (χ4v) is 1.86. The monoisotopic (exact) mass is 265 g/mol. The van der Waals surface area contributed by atoms with Crippen molar-refractivity contribution in [1.29, 1.82) is 0 Å². The van der Waals surface area contributed by atoms with E-state index in [0.717, 1.165) is 12.2 Å². The number of amides is 1. The third-order valence-electron chi connectivity index (χ3n) is 2.84. The van der Waals surface area contributed by atoms with Gasteiger partial charge < -0.3 is 19.9 Å². The van der Waals surface area contributed by atoms with Crippen molar-refractivity contribution in [3.63, 3.8) is 0 Å². The molecule has 5 nitrogen and oxygen atoms in total. The molecule has 0 saturated heterocycles. The van der Waals surface area contributed by atoms with Crippen molar-refractivity contribution in [3.8, 4) is 11.5 Å². The molecule has 0 atom stereocenters. The van der Waals surface area contributed by atoms with Crippen LogP contribution >= 0.6 is 0 Å². The Hall–Kier alpha value is -1.75. The number of carbonyl (C=O) groups is 1. The van der Waals surface area contributed by atoms with Crippen LogP contribution in [0.5, 0.6) is 11.5 Å². The first-order valence-corrected chi connectivity index (χ1v) is 6.60. The number of anilines is 1. The van der Waals surface area contributed by atoms with Gasteiger partial charge in [0.25, 0.3) is 0 Å². The van der Waals surface area contributed by atoms with Gasteiger partial charge in [-0.1, -0.05) is 0 Å². The van der Waals surface area contributed by atoms with Crippen molar-refractivity contribution in [2.24, 2.45) is 0 Å². The van der Waals surface area contributed by atoms with Gasteiger partial charge in [-0.25, -0.2) is 0 Å². The molecule has 2 N–H and O–H groups in total. The lowest BCUT2D eigenvalue weighted by Crippen LogP contribution is -2.11. The van der Waals surface area contributed by atoms with Crippen LogP contribution in [0.4, 0.5) is 5.69 Å². The van der Waals surface area contributed by atoms with Crippen LogP contribution in [0.15, 0.2) is 18.2 Å². The topological polar surface area (TPSA) is 67.8 Å². The zero-order valence-electron chi connectivity index (χ0n) is 10.9. The molecular formula is C14H19NO4. The number of aliphatic hydroxyl groups is 1. The van der Waals surface area contributed by atoms with E-state index in [-0.39, 0.29) is 12.5 Å². The van der Waals surface area contributed by atoms with Crippen LogP contribution in [-0.2, 0) is 4.79 Å². The second-order valence-corrected chi connectivity index (χ2v) is 4.44. The molecule has 1 amide bonds. The molecule has 0 spiro atoms. The molecule has 0 aromatic heterocycles. The number of ether oxygens (including phenoxy) is 2. The molecule has 1 heterocycles. The molecule has 104 valence electrons. The molecule has 1 aliphatic heterocycles. The van der Waals surface area contributed by atoms with Gasteiger partial charge in [0, 0.05) is 31.2 Å². The van der Waals surface area contributed by atoms with Gasteiger partial charge in [-0.05, 0) is 25.0 Å². The van der Waals surface area contributed by atoms with Gasteiger partial charge in [-0.3, -0.25) is 4.79 Å². The van der Waals surface area contributed by atoms with Crippen LogP contribution in [0.2, 0.25) is 0 Å². The highest BCUT2D eigenvalue weighted by Crippen LogP contribution is 2.32. The van der Waals surface area contributed by atoms with E-state index in [9.17, 15) is 4.79 Å². The summed E-state index contributed by atoms with van der Waals surface area (Å²) in [5.74, 6) is 1.34. The quantitative estimate of drug-likeness (QED) is 0.798. The van der Waals surface area contributed by atoms with Crippen molar-refractivity contribution in [2.75, 3.05) is 25.1 Å². The lowest BCUT2D eigenvalue weighted by molar-refractivity contribution is -0.116. The summed E-state index contributed by atoms with van der Waals surface area (Å²) in [7, 11) is 0. The van der Waals surface area contributed by atoms with E-state index in [4.69, 9.17) is 14.6 Å². The maximum Gasteiger partial charge on any atom is 0.224 e. The van der Waals surface area contributed by atoms with Crippen LogP contribution in [0.25, 0.3) is 0 Å². The zero-order chi connectivity index (χ0) is 13.5. The van der Waals surface area contributed by atoms with Gasteiger partial charge in [-0.15, -0.1) is 0 Å². The van der Waals surface area contributed by atoms with Crippen LogP contribution in [0.3, 0.4) is 0 Å². The second-order valence-electron chi connectivity index (χ2n) is 4.44. The van der Waals surface area contributed by atoms with Gasteiger partial charge in [0.05, 0.1) is 13.2 Å². The summed E-state index contributed by atoms with van der Waals surface area (Å²) in [5.41, 5.74) is 0.707. The highest BCUT2D eigenvalue weighted by molar-refractivity contribution is 5.91. The van der Waals surface area contributed by atoms with Crippen molar-refractivity contribution in [1.82, 2.24) is 0 Å². The average molecular weight is 265 g/mol. The maximum absolute atomic E-state index is 11.7. The zero-order valence-corrected chi connectivity index (χ0v) is 10.9. The van der Waals surface area contributed by atoms with Crippen LogP contribution in [0.1, 0.15) is 25.7 Å². The van der Waals surface area contributed by atoms with Crippen molar-refractivity contribution < 1.29 is 19.4 Å². The Labute approximate surface area is 112 Å². The molecule has 0 bridgehead atoms. The number of nitrogens with one attached hydrogen (secondary N) is 1. The Morgan fingerprint density at radius 1 is 1.21 bits per heavy atom. The minimum absolute atomic E-state index is 0.0528. The molecule has 0 saturated carbocycles. The first kappa shape index (κ1) is 13.7. The number of rotatable bonds is 5. The number of unbranched alkanes of at least 4 members (excludes halogenated alkanes) is 1. The van der Waals surface area contributed by atoms with Gasteiger partial charge in [0.2, 0.25) is 5.91 Å². The lowest BCUT2D eigenvalue weighted by atomic mass is 10.2. The van der Waals surface area contributed by atoms with Crippen LogP contribution < -0.4 is 14.8 Å². The first-order valence-electron chi connectivity index (χ1n) is 6.60. The summed E-state index contributed by atoms with van der Waals surface area (Å²) < 4.78 is 11.1. The fraction of sp³-hybridized carbons (Fsp3) is 0.500. The van der Waals surface area contributed by atoms with Gasteiger partial charge in [0.15, 0.2) is 11.5 Å². The van der Waals surface area contributed by atoms with E-state index >= 15 is 0 Å². The van der Waals surface area contributed by atoms with E-state index in [1.165, 1.54) is 0 Å². The third kappa shape index (κ3) is 4.13. The molecule has 1 aromatic carbocycles. The normalized spacial score (nSPS) is 13.7. The van der Waals surface area contributed by atoms with E-state index in [1.54, 1.807) is 12.1 Å². The number of hydrogen-bond acceptors (Lipinski definition) is 4. The Morgan fingerprint density at radius 3 is 2.79 bits per heavy atom. The SMILES string of the molecule is O=C(CCCCO)Nc1ccc2c(c1)OCCCO2. The molecule has 19 heavy (non-hydrogen) atoms. The summed E-state index contributed by atoms with van der Waals surface area (Å²) in [6.07, 6.45) is 2.61. The maximum atomic E-state index is 11.7. The minimum atomic E-state index is -0.0528. The smallest absolute Gasteiger partial charge is 0.224 e. The highest BCUT2D eigenvalue weighted by atomic mass is 16.5. The van der Waals surface area contributed by atoms with E-state index in [0.29, 0.717) is 43.9 Å². The fourth-order valence-electron chi connectivity index (χ4n) is 1.86. The average Bonchev–Trinajstić information content (AvgIpc) is 2.63. The van der Waals surface area contributed by atoms with E-state index in [1.807, 2.05) is 6.07 Å². The molecule has 2 rings (SSSR count). The molecule has 5 heteroatoms. The first-order chi connectivity index (χ1) is 9.29. The molecule has 0 fully saturated rings. The Bertz CT molecular complexity index is 433. The molecule has 1 aliphatic rings. The molecule has 0 aliphatic carbocycles. The summed E-state index contributed by atoms with van der Waals surface area (Å²) in [4.78, 5) is 11.7. The molecule has 1 aromatic rings. The lowest BCUT2D eigenvalue weighted by Gasteiger charge is -2.10. The summed E-state index contributed by atoms with van der Waals surface area (Å²) >= 11 is 0. The minimum Gasteiger partial charge on any atom is -0.490 e. The number of fused-ring (bicyclic) bond motifs is 1. The van der Waals surface area contributed by atoms with E-state index in [2.05, 4.69) is 5.32 Å². The van der Waals surface area contributed by atoms with Gasteiger partial charge in [0.1, 0.15) is 0 Å². The van der Waals surface area contributed by atoms with Crippen LogP contribution in [-0.4, -0.2) is 30.8 Å². The number of carbonyl (C=O) groups excluding carboxylic acids is 1. The van der Waals surface area contributed by atoms with Gasteiger partial charge in [-0.2, -0.15) is 0 Å². The predicted molar refractivity (Wildman–Crippen MR) is 71.6 cm³/mol. The van der Waals surface area contributed by atoms with Crippen molar-refractivity contribution >= 4 is 11.6 Å². The van der Waals surface area contributed by atoms with Gasteiger partial charge >= 0.3 is 0 Å². The van der Waals surface area contributed by atoms with Crippen LogP contribution in [0, 0.1) is 0 Å². The van der Waals surface area contributed by atoms with Crippen molar-refractivity contribution in [3.05, 3.63) is 18.2 Å². The molecule has 0 unspecified atom stereocenters. The summed E-state index contributed by atoms with van der Waals surface area (Å²) in [6, 6.07) is 5.39.